The molecule has 1 N–H and O–H groups in total. The van der Waals surface area contributed by atoms with Crippen molar-refractivity contribution in [1.29, 1.82) is 5.26 Å². The highest BCUT2D eigenvalue weighted by Crippen LogP contribution is 2.39. The van der Waals surface area contributed by atoms with E-state index < -0.39 is 0 Å². The Bertz CT molecular complexity index is 1100. The Morgan fingerprint density at radius 3 is 2.27 bits per heavy atom. The van der Waals surface area contributed by atoms with Crippen molar-refractivity contribution in [3.63, 3.8) is 0 Å². The summed E-state index contributed by atoms with van der Waals surface area (Å²) in [6.07, 6.45) is 0.532. The van der Waals surface area contributed by atoms with Crippen molar-refractivity contribution in [1.82, 2.24) is 10.2 Å². The molecule has 0 amide bonds. The Hall–Kier alpha value is -2.67. The maximum Gasteiger partial charge on any atom is 0.0641 e. The van der Waals surface area contributed by atoms with Gasteiger partial charge in [0.15, 0.2) is 0 Å². The number of hydrogen-bond acceptors (Lipinski definition) is 3. The van der Waals surface area contributed by atoms with Gasteiger partial charge in [-0.3, -0.25) is 4.90 Å². The summed E-state index contributed by atoms with van der Waals surface area (Å²) in [4.78, 5) is 2.46. The minimum atomic E-state index is 0.159. The Morgan fingerprint density at radius 2 is 1.54 bits per heavy atom. The fourth-order valence-corrected chi connectivity index (χ4v) is 4.56. The third-order valence-corrected chi connectivity index (χ3v) is 5.80. The quantitative estimate of drug-likeness (QED) is 0.561. The summed E-state index contributed by atoms with van der Waals surface area (Å²) in [5, 5.41) is 20.7. The summed E-state index contributed by atoms with van der Waals surface area (Å²) < 4.78 is 0. The number of nitrogens with one attached hydrogen (secondary N) is 1. The molecule has 1 saturated heterocycles. The third kappa shape index (κ3) is 2.34. The molecule has 0 saturated carbocycles. The first-order valence-corrected chi connectivity index (χ1v) is 9.35. The zero-order chi connectivity index (χ0) is 17.5. The highest BCUT2D eigenvalue weighted by molar-refractivity contribution is 6.23. The van der Waals surface area contributed by atoms with Crippen LogP contribution in [-0.4, -0.2) is 31.1 Å². The monoisotopic (exact) mass is 339 g/mol. The molecule has 5 rings (SSSR count). The van der Waals surface area contributed by atoms with Gasteiger partial charge in [0.25, 0.3) is 0 Å². The second kappa shape index (κ2) is 6.25. The van der Waals surface area contributed by atoms with Gasteiger partial charge in [0.2, 0.25) is 0 Å². The average Bonchev–Trinajstić information content (AvgIpc) is 2.71. The second-order valence-corrected chi connectivity index (χ2v) is 7.17. The van der Waals surface area contributed by atoms with E-state index in [1.165, 1.54) is 37.9 Å². The number of nitrogens with zero attached hydrogens (tertiary/aromatic N) is 2. The highest BCUT2D eigenvalue weighted by Gasteiger charge is 2.24. The van der Waals surface area contributed by atoms with Crippen LogP contribution in [0.3, 0.4) is 0 Å². The fourth-order valence-electron chi connectivity index (χ4n) is 4.56. The van der Waals surface area contributed by atoms with E-state index in [4.69, 9.17) is 0 Å². The molecule has 128 valence electrons. The molecule has 0 radical (unpaired) electrons. The van der Waals surface area contributed by atoms with Crippen LogP contribution >= 0.6 is 0 Å². The lowest BCUT2D eigenvalue weighted by Gasteiger charge is -2.34. The summed E-state index contributed by atoms with van der Waals surface area (Å²) in [7, 11) is 0. The van der Waals surface area contributed by atoms with E-state index >= 15 is 0 Å². The van der Waals surface area contributed by atoms with Crippen LogP contribution in [0.4, 0.5) is 0 Å². The van der Waals surface area contributed by atoms with Gasteiger partial charge in [0, 0.05) is 32.2 Å². The van der Waals surface area contributed by atoms with Gasteiger partial charge < -0.3 is 5.32 Å². The molecule has 0 unspecified atom stereocenters. The van der Waals surface area contributed by atoms with Crippen LogP contribution in [-0.2, 0) is 0 Å². The first-order valence-electron chi connectivity index (χ1n) is 9.35. The molecule has 1 aliphatic rings. The Kier molecular flexibility index (Phi) is 3.74. The lowest BCUT2D eigenvalue weighted by molar-refractivity contribution is 0.176. The molecule has 3 nitrogen and oxygen atoms in total. The molecule has 1 aliphatic heterocycles. The van der Waals surface area contributed by atoms with E-state index in [0.29, 0.717) is 6.42 Å². The van der Waals surface area contributed by atoms with Crippen molar-refractivity contribution in [2.75, 3.05) is 26.2 Å². The first kappa shape index (κ1) is 15.6. The lowest BCUT2D eigenvalue weighted by Crippen LogP contribution is -2.45. The Morgan fingerprint density at radius 1 is 0.885 bits per heavy atom. The smallest absolute Gasteiger partial charge is 0.0641 e. The molecule has 4 aromatic rings. The molecular formula is C23H21N3. The van der Waals surface area contributed by atoms with Crippen molar-refractivity contribution >= 4 is 32.3 Å². The van der Waals surface area contributed by atoms with Crippen LogP contribution in [0.1, 0.15) is 18.0 Å². The molecule has 0 aliphatic carbocycles. The van der Waals surface area contributed by atoms with E-state index in [9.17, 15) is 5.26 Å². The zero-order valence-electron chi connectivity index (χ0n) is 14.7. The number of hydrogen-bond donors (Lipinski definition) is 1. The fraction of sp³-hybridized carbons (Fsp3) is 0.261. The molecule has 4 aromatic carbocycles. The summed E-state index contributed by atoms with van der Waals surface area (Å²) in [5.41, 5.74) is 1.29. The van der Waals surface area contributed by atoms with E-state index in [0.717, 1.165) is 26.2 Å². The number of benzene rings is 4. The van der Waals surface area contributed by atoms with Gasteiger partial charge in [0.1, 0.15) is 0 Å². The average molecular weight is 339 g/mol. The standard InChI is InChI=1S/C23H21N3/c24-11-10-21(26-14-12-25-13-15-26)19-8-6-18-5-4-16-2-1-3-17-7-9-20(19)23(18)22(16)17/h1-9,21,25H,10,12-15H2/t21-/m1/s1. The highest BCUT2D eigenvalue weighted by atomic mass is 15.2. The summed E-state index contributed by atoms with van der Waals surface area (Å²) in [5.74, 6) is 0. The van der Waals surface area contributed by atoms with Crippen molar-refractivity contribution < 1.29 is 0 Å². The predicted molar refractivity (Wildman–Crippen MR) is 108 cm³/mol. The summed E-state index contributed by atoms with van der Waals surface area (Å²) in [6, 6.07) is 22.5. The molecule has 26 heavy (non-hydrogen) atoms. The van der Waals surface area contributed by atoms with Gasteiger partial charge in [-0.25, -0.2) is 0 Å². The second-order valence-electron chi connectivity index (χ2n) is 7.17. The van der Waals surface area contributed by atoms with Crippen LogP contribution in [0.25, 0.3) is 32.3 Å². The summed E-state index contributed by atoms with van der Waals surface area (Å²) in [6.45, 7) is 3.98. The Balaban J connectivity index is 1.78. The molecule has 0 aromatic heterocycles. The maximum atomic E-state index is 9.48. The maximum absolute atomic E-state index is 9.48. The van der Waals surface area contributed by atoms with Crippen LogP contribution in [0.2, 0.25) is 0 Å². The third-order valence-electron chi connectivity index (χ3n) is 5.80. The van der Waals surface area contributed by atoms with E-state index in [-0.39, 0.29) is 6.04 Å². The molecular weight excluding hydrogens is 318 g/mol. The van der Waals surface area contributed by atoms with E-state index in [1.807, 2.05) is 0 Å². The number of nitriles is 1. The van der Waals surface area contributed by atoms with Crippen molar-refractivity contribution in [2.45, 2.75) is 12.5 Å². The van der Waals surface area contributed by atoms with Crippen LogP contribution in [0.15, 0.2) is 54.6 Å². The molecule has 1 fully saturated rings. The van der Waals surface area contributed by atoms with Crippen molar-refractivity contribution in [2.24, 2.45) is 0 Å². The summed E-state index contributed by atoms with van der Waals surface area (Å²) >= 11 is 0. The van der Waals surface area contributed by atoms with E-state index in [1.54, 1.807) is 0 Å². The normalized spacial score (nSPS) is 17.0. The van der Waals surface area contributed by atoms with Gasteiger partial charge in [-0.2, -0.15) is 5.26 Å². The predicted octanol–water partition coefficient (Wildman–Crippen LogP) is 4.44. The van der Waals surface area contributed by atoms with Gasteiger partial charge in [-0.05, 0) is 37.9 Å². The SMILES string of the molecule is N#CC[C@H](c1ccc2ccc3cccc4ccc1c2c34)N1CCNCC1. The topological polar surface area (TPSA) is 39.1 Å². The van der Waals surface area contributed by atoms with Crippen LogP contribution < -0.4 is 5.32 Å². The van der Waals surface area contributed by atoms with Crippen LogP contribution in [0.5, 0.6) is 0 Å². The van der Waals surface area contributed by atoms with Crippen LogP contribution in [0, 0.1) is 11.3 Å². The molecule has 1 heterocycles. The number of rotatable bonds is 3. The minimum absolute atomic E-state index is 0.159. The van der Waals surface area contributed by atoms with Gasteiger partial charge >= 0.3 is 0 Å². The molecule has 1 atom stereocenters. The Labute approximate surface area is 153 Å². The molecule has 0 bridgehead atoms. The van der Waals surface area contributed by atoms with E-state index in [2.05, 4.69) is 70.9 Å². The van der Waals surface area contributed by atoms with Gasteiger partial charge in [-0.15, -0.1) is 0 Å². The van der Waals surface area contributed by atoms with Gasteiger partial charge in [-0.1, -0.05) is 54.6 Å². The largest absolute Gasteiger partial charge is 0.314 e. The minimum Gasteiger partial charge on any atom is -0.314 e. The first-order chi connectivity index (χ1) is 12.9. The molecule has 3 heteroatoms. The van der Waals surface area contributed by atoms with Crippen molar-refractivity contribution in [3.8, 4) is 6.07 Å². The molecule has 0 spiro atoms. The zero-order valence-corrected chi connectivity index (χ0v) is 14.7. The van der Waals surface area contributed by atoms with Gasteiger partial charge in [0.05, 0.1) is 12.5 Å². The lowest BCUT2D eigenvalue weighted by atomic mass is 9.88. The van der Waals surface area contributed by atoms with Crippen molar-refractivity contribution in [3.05, 3.63) is 60.2 Å². The number of piperazine rings is 1.